The van der Waals surface area contributed by atoms with Crippen LogP contribution >= 0.6 is 0 Å². The van der Waals surface area contributed by atoms with Gasteiger partial charge in [-0.15, -0.1) is 0 Å². The number of aromatic nitrogens is 1. The quantitative estimate of drug-likeness (QED) is 0.839. The van der Waals surface area contributed by atoms with E-state index in [9.17, 15) is 9.90 Å². The van der Waals surface area contributed by atoms with Gasteiger partial charge in [-0.25, -0.2) is 0 Å². The van der Waals surface area contributed by atoms with Crippen LogP contribution < -0.4 is 0 Å². The molecule has 0 unspecified atom stereocenters. The summed E-state index contributed by atoms with van der Waals surface area (Å²) < 4.78 is 0. The molecule has 1 aromatic carbocycles. The molecule has 2 rings (SSSR count). The molecule has 0 atom stereocenters. The monoisotopic (exact) mass is 241 g/mol. The van der Waals surface area contributed by atoms with E-state index in [4.69, 9.17) is 0 Å². The number of rotatable bonds is 3. The number of pyridine rings is 1. The van der Waals surface area contributed by atoms with E-state index < -0.39 is 0 Å². The van der Waals surface area contributed by atoms with Gasteiger partial charge in [0, 0.05) is 18.0 Å². The van der Waals surface area contributed by atoms with Gasteiger partial charge in [0.25, 0.3) is 0 Å². The highest BCUT2D eigenvalue weighted by molar-refractivity contribution is 5.97. The molecule has 0 saturated heterocycles. The summed E-state index contributed by atoms with van der Waals surface area (Å²) in [6.07, 6.45) is 4.49. The molecule has 0 saturated carbocycles. The molecule has 3 heteroatoms. The van der Waals surface area contributed by atoms with Gasteiger partial charge in [-0.05, 0) is 42.7 Å². The van der Waals surface area contributed by atoms with Gasteiger partial charge >= 0.3 is 0 Å². The minimum Gasteiger partial charge on any atom is -0.507 e. The minimum atomic E-state index is -0.139. The Balaban J connectivity index is 2.45. The zero-order valence-corrected chi connectivity index (χ0v) is 10.5. The topological polar surface area (TPSA) is 50.2 Å². The Morgan fingerprint density at radius 3 is 2.61 bits per heavy atom. The zero-order valence-electron chi connectivity index (χ0n) is 10.5. The molecule has 0 aliphatic heterocycles. The Morgan fingerprint density at radius 2 is 2.00 bits per heavy atom. The Bertz CT molecular complexity index is 591. The lowest BCUT2D eigenvalue weighted by Gasteiger charge is -2.06. The molecule has 0 radical (unpaired) electrons. The summed E-state index contributed by atoms with van der Waals surface area (Å²) in [5.74, 6) is -0.124. The van der Waals surface area contributed by atoms with Crippen LogP contribution in [0.5, 0.6) is 5.75 Å². The van der Waals surface area contributed by atoms with Crippen molar-refractivity contribution in [1.82, 2.24) is 4.98 Å². The number of carbonyl (C=O) groups is 1. The largest absolute Gasteiger partial charge is 0.507 e. The van der Waals surface area contributed by atoms with E-state index in [-0.39, 0.29) is 11.5 Å². The molecule has 18 heavy (non-hydrogen) atoms. The fourth-order valence-corrected chi connectivity index (χ4v) is 1.85. The minimum absolute atomic E-state index is 0.0156. The number of phenolic OH excluding ortho intramolecular Hbond substituents is 1. The van der Waals surface area contributed by atoms with Crippen LogP contribution in [0.4, 0.5) is 0 Å². The highest BCUT2D eigenvalue weighted by Crippen LogP contribution is 2.26. The lowest BCUT2D eigenvalue weighted by Crippen LogP contribution is -1.93. The number of carbonyl (C=O) groups excluding carboxylic acids is 1. The second-order valence-corrected chi connectivity index (χ2v) is 4.22. The Hall–Kier alpha value is -2.16. The third-order valence-electron chi connectivity index (χ3n) is 2.91. The zero-order chi connectivity index (χ0) is 13.1. The van der Waals surface area contributed by atoms with Crippen LogP contribution in [0.1, 0.15) is 29.8 Å². The first kappa shape index (κ1) is 12.3. The Morgan fingerprint density at radius 1 is 1.22 bits per heavy atom. The SMILES string of the molecule is CCc1cncc(-c2ccc(C(C)=O)c(O)c2)c1. The van der Waals surface area contributed by atoms with Gasteiger partial charge in [0.05, 0.1) is 5.56 Å². The van der Waals surface area contributed by atoms with E-state index in [1.54, 1.807) is 18.3 Å². The van der Waals surface area contributed by atoms with Crippen LogP contribution in [0.3, 0.4) is 0 Å². The normalized spacial score (nSPS) is 10.3. The van der Waals surface area contributed by atoms with Crippen LogP contribution in [0.15, 0.2) is 36.7 Å². The third kappa shape index (κ3) is 2.40. The smallest absolute Gasteiger partial charge is 0.163 e. The van der Waals surface area contributed by atoms with Gasteiger partial charge in [-0.1, -0.05) is 13.0 Å². The summed E-state index contributed by atoms with van der Waals surface area (Å²) in [7, 11) is 0. The maximum Gasteiger partial charge on any atom is 0.163 e. The molecular formula is C15H15NO2. The predicted octanol–water partition coefficient (Wildman–Crippen LogP) is 3.22. The van der Waals surface area contributed by atoms with Gasteiger partial charge in [0.15, 0.2) is 5.78 Å². The molecule has 0 aliphatic carbocycles. The first-order valence-corrected chi connectivity index (χ1v) is 5.90. The maximum absolute atomic E-state index is 11.2. The van der Waals surface area contributed by atoms with Crippen molar-refractivity contribution >= 4 is 5.78 Å². The molecule has 1 heterocycles. The van der Waals surface area contributed by atoms with Crippen molar-refractivity contribution in [3.63, 3.8) is 0 Å². The lowest BCUT2D eigenvalue weighted by molar-refractivity contribution is 0.101. The van der Waals surface area contributed by atoms with Gasteiger partial charge in [-0.2, -0.15) is 0 Å². The molecule has 2 aromatic rings. The number of aromatic hydroxyl groups is 1. The fraction of sp³-hybridized carbons (Fsp3) is 0.200. The molecular weight excluding hydrogens is 226 g/mol. The standard InChI is InChI=1S/C15H15NO2/c1-3-11-6-13(9-16-8-11)12-4-5-14(10(2)17)15(18)7-12/h4-9,18H,3H2,1-2H3. The summed E-state index contributed by atoms with van der Waals surface area (Å²) in [4.78, 5) is 15.4. The second-order valence-electron chi connectivity index (χ2n) is 4.22. The number of nitrogens with zero attached hydrogens (tertiary/aromatic N) is 1. The van der Waals surface area contributed by atoms with E-state index in [0.717, 1.165) is 23.1 Å². The van der Waals surface area contributed by atoms with Gasteiger partial charge < -0.3 is 5.11 Å². The highest BCUT2D eigenvalue weighted by atomic mass is 16.3. The third-order valence-corrected chi connectivity index (χ3v) is 2.91. The van der Waals surface area contributed by atoms with Gasteiger partial charge in [-0.3, -0.25) is 9.78 Å². The highest BCUT2D eigenvalue weighted by Gasteiger charge is 2.08. The lowest BCUT2D eigenvalue weighted by atomic mass is 10.0. The average molecular weight is 241 g/mol. The molecule has 1 aromatic heterocycles. The molecule has 0 fully saturated rings. The molecule has 0 spiro atoms. The predicted molar refractivity (Wildman–Crippen MR) is 70.7 cm³/mol. The maximum atomic E-state index is 11.2. The number of hydrogen-bond acceptors (Lipinski definition) is 3. The van der Waals surface area contributed by atoms with Crippen LogP contribution in [0.25, 0.3) is 11.1 Å². The molecule has 0 amide bonds. The summed E-state index contributed by atoms with van der Waals surface area (Å²) in [6, 6.07) is 7.11. The van der Waals surface area contributed by atoms with Crippen molar-refractivity contribution < 1.29 is 9.90 Å². The molecule has 0 bridgehead atoms. The number of aryl methyl sites for hydroxylation is 1. The van der Waals surface area contributed by atoms with Crippen LogP contribution in [0, 0.1) is 0 Å². The van der Waals surface area contributed by atoms with Crippen molar-refractivity contribution in [2.45, 2.75) is 20.3 Å². The van der Waals surface area contributed by atoms with Gasteiger partial charge in [0.2, 0.25) is 0 Å². The fourth-order valence-electron chi connectivity index (χ4n) is 1.85. The first-order chi connectivity index (χ1) is 8.61. The second kappa shape index (κ2) is 5.00. The van der Waals surface area contributed by atoms with E-state index in [2.05, 4.69) is 11.9 Å². The molecule has 1 N–H and O–H groups in total. The van der Waals surface area contributed by atoms with E-state index >= 15 is 0 Å². The molecule has 3 nitrogen and oxygen atoms in total. The summed E-state index contributed by atoms with van der Waals surface area (Å²) >= 11 is 0. The van der Waals surface area contributed by atoms with Crippen molar-refractivity contribution in [2.75, 3.05) is 0 Å². The Labute approximate surface area is 106 Å². The van der Waals surface area contributed by atoms with Crippen molar-refractivity contribution in [2.24, 2.45) is 0 Å². The van der Waals surface area contributed by atoms with Crippen molar-refractivity contribution in [1.29, 1.82) is 0 Å². The number of benzene rings is 1. The molecule has 0 aliphatic rings. The number of ketones is 1. The van der Waals surface area contributed by atoms with Crippen molar-refractivity contribution in [3.8, 4) is 16.9 Å². The van der Waals surface area contributed by atoms with Crippen LogP contribution in [-0.4, -0.2) is 15.9 Å². The van der Waals surface area contributed by atoms with Crippen LogP contribution in [0.2, 0.25) is 0 Å². The molecule has 92 valence electrons. The van der Waals surface area contributed by atoms with E-state index in [1.165, 1.54) is 6.92 Å². The first-order valence-electron chi connectivity index (χ1n) is 5.90. The van der Waals surface area contributed by atoms with E-state index in [1.807, 2.05) is 18.3 Å². The summed E-state index contributed by atoms with van der Waals surface area (Å²) in [6.45, 7) is 3.51. The summed E-state index contributed by atoms with van der Waals surface area (Å²) in [5.41, 5.74) is 3.29. The van der Waals surface area contributed by atoms with Gasteiger partial charge in [0.1, 0.15) is 5.75 Å². The summed E-state index contributed by atoms with van der Waals surface area (Å²) in [5, 5.41) is 9.81. The number of Topliss-reactive ketones (excluding diaryl/α,β-unsaturated/α-hetero) is 1. The Kier molecular flexibility index (Phi) is 3.42. The van der Waals surface area contributed by atoms with Crippen molar-refractivity contribution in [3.05, 3.63) is 47.8 Å². The van der Waals surface area contributed by atoms with E-state index in [0.29, 0.717) is 5.56 Å². The average Bonchev–Trinajstić information content (AvgIpc) is 2.38. The number of phenols is 1. The van der Waals surface area contributed by atoms with Crippen LogP contribution in [-0.2, 0) is 6.42 Å². The number of hydrogen-bond donors (Lipinski definition) is 1.